The van der Waals surface area contributed by atoms with Crippen LogP contribution in [0.25, 0.3) is 0 Å². The lowest BCUT2D eigenvalue weighted by atomic mass is 10.4. The Kier molecular flexibility index (Phi) is 4.19. The van der Waals surface area contributed by atoms with Crippen molar-refractivity contribution < 1.29 is 0 Å². The summed E-state index contributed by atoms with van der Waals surface area (Å²) in [4.78, 5) is 0. The van der Waals surface area contributed by atoms with Gasteiger partial charge in [0.2, 0.25) is 0 Å². The quantitative estimate of drug-likeness (QED) is 0.772. The van der Waals surface area contributed by atoms with Crippen LogP contribution in [0.15, 0.2) is 36.9 Å². The Morgan fingerprint density at radius 1 is 0.857 bits per heavy atom. The first-order chi connectivity index (χ1) is 6.45. The van der Waals surface area contributed by atoms with Crippen LogP contribution in [0.1, 0.15) is 6.42 Å². The molecule has 0 atom stereocenters. The van der Waals surface area contributed by atoms with Crippen molar-refractivity contribution in [2.45, 2.75) is 19.5 Å². The molecule has 0 aliphatic rings. The van der Waals surface area contributed by atoms with E-state index in [1.165, 1.54) is 0 Å². The Labute approximate surface area is 89.0 Å². The molecule has 0 radical (unpaired) electrons. The number of nitrogens with zero attached hydrogens (tertiary/aromatic N) is 4. The fourth-order valence-electron chi connectivity index (χ4n) is 1.26. The standard InChI is InChI=1S/C9H12N4.ClH/c1-4-10-12(6-1)8-3-9-13-7-2-5-11-13;/h1-2,4-7H,3,8-9H2;1H. The molecular formula is C9H13ClN4. The van der Waals surface area contributed by atoms with Gasteiger partial charge in [-0.05, 0) is 18.6 Å². The third-order valence-electron chi connectivity index (χ3n) is 1.89. The van der Waals surface area contributed by atoms with Crippen LogP contribution in [0.4, 0.5) is 0 Å². The monoisotopic (exact) mass is 212 g/mol. The molecule has 4 nitrogen and oxygen atoms in total. The molecular weight excluding hydrogens is 200 g/mol. The molecule has 0 amide bonds. The molecule has 2 heterocycles. The Morgan fingerprint density at radius 2 is 1.36 bits per heavy atom. The molecule has 76 valence electrons. The molecule has 0 spiro atoms. The van der Waals surface area contributed by atoms with Crippen molar-refractivity contribution in [1.29, 1.82) is 0 Å². The van der Waals surface area contributed by atoms with Gasteiger partial charge in [-0.3, -0.25) is 9.36 Å². The normalized spacial score (nSPS) is 9.71. The predicted molar refractivity (Wildman–Crippen MR) is 56.3 cm³/mol. The van der Waals surface area contributed by atoms with Gasteiger partial charge >= 0.3 is 0 Å². The highest BCUT2D eigenvalue weighted by molar-refractivity contribution is 5.85. The first kappa shape index (κ1) is 10.8. The molecule has 14 heavy (non-hydrogen) atoms. The predicted octanol–water partition coefficient (Wildman–Crippen LogP) is 1.59. The van der Waals surface area contributed by atoms with E-state index in [1.807, 2.05) is 33.9 Å². The number of halogens is 1. The Bertz CT molecular complexity index is 293. The summed E-state index contributed by atoms with van der Waals surface area (Å²) in [6.07, 6.45) is 8.61. The van der Waals surface area contributed by atoms with Crippen LogP contribution in [-0.2, 0) is 13.1 Å². The minimum atomic E-state index is 0. The maximum absolute atomic E-state index is 4.12. The van der Waals surface area contributed by atoms with E-state index in [4.69, 9.17) is 0 Å². The average Bonchev–Trinajstić information content (AvgIpc) is 2.75. The van der Waals surface area contributed by atoms with Crippen molar-refractivity contribution >= 4 is 12.4 Å². The Balaban J connectivity index is 0.000000980. The zero-order valence-electron chi connectivity index (χ0n) is 7.78. The molecule has 2 aromatic heterocycles. The highest BCUT2D eigenvalue weighted by Crippen LogP contribution is 1.93. The van der Waals surface area contributed by atoms with Crippen molar-refractivity contribution in [1.82, 2.24) is 19.6 Å². The van der Waals surface area contributed by atoms with Crippen molar-refractivity contribution in [3.8, 4) is 0 Å². The second-order valence-electron chi connectivity index (χ2n) is 2.89. The number of aryl methyl sites for hydroxylation is 2. The van der Waals surface area contributed by atoms with Crippen LogP contribution in [0.5, 0.6) is 0 Å². The number of hydrogen-bond acceptors (Lipinski definition) is 2. The van der Waals surface area contributed by atoms with Crippen molar-refractivity contribution in [2.75, 3.05) is 0 Å². The van der Waals surface area contributed by atoms with Gasteiger partial charge < -0.3 is 0 Å². The average molecular weight is 213 g/mol. The van der Waals surface area contributed by atoms with E-state index in [9.17, 15) is 0 Å². The SMILES string of the molecule is Cl.c1cnn(CCCn2cccn2)c1. The van der Waals surface area contributed by atoms with E-state index < -0.39 is 0 Å². The molecule has 0 saturated heterocycles. The lowest BCUT2D eigenvalue weighted by molar-refractivity contribution is 0.501. The molecule has 0 saturated carbocycles. The molecule has 2 rings (SSSR count). The van der Waals surface area contributed by atoms with Crippen LogP contribution in [0.3, 0.4) is 0 Å². The van der Waals surface area contributed by atoms with Crippen molar-refractivity contribution in [2.24, 2.45) is 0 Å². The summed E-state index contributed by atoms with van der Waals surface area (Å²) in [6, 6.07) is 3.88. The van der Waals surface area contributed by atoms with Crippen molar-refractivity contribution in [3.05, 3.63) is 36.9 Å². The van der Waals surface area contributed by atoms with Crippen LogP contribution in [0, 0.1) is 0 Å². The van der Waals surface area contributed by atoms with Gasteiger partial charge in [-0.1, -0.05) is 0 Å². The van der Waals surface area contributed by atoms with E-state index in [0.717, 1.165) is 19.5 Å². The van der Waals surface area contributed by atoms with E-state index in [0.29, 0.717) is 0 Å². The molecule has 0 fully saturated rings. The van der Waals surface area contributed by atoms with E-state index in [-0.39, 0.29) is 12.4 Å². The second kappa shape index (κ2) is 5.44. The van der Waals surface area contributed by atoms with E-state index in [1.54, 1.807) is 12.4 Å². The topological polar surface area (TPSA) is 35.6 Å². The lowest BCUT2D eigenvalue weighted by Gasteiger charge is -2.01. The van der Waals surface area contributed by atoms with Crippen LogP contribution >= 0.6 is 12.4 Å². The number of hydrogen-bond donors (Lipinski definition) is 0. The van der Waals surface area contributed by atoms with Gasteiger partial charge in [-0.15, -0.1) is 12.4 Å². The molecule has 0 aliphatic carbocycles. The summed E-state index contributed by atoms with van der Waals surface area (Å²) in [5.74, 6) is 0. The maximum atomic E-state index is 4.12. The fraction of sp³-hybridized carbons (Fsp3) is 0.333. The lowest BCUT2D eigenvalue weighted by Crippen LogP contribution is -2.04. The van der Waals surface area contributed by atoms with Gasteiger partial charge in [0.05, 0.1) is 0 Å². The minimum Gasteiger partial charge on any atom is -0.273 e. The van der Waals surface area contributed by atoms with Gasteiger partial charge in [0.25, 0.3) is 0 Å². The molecule has 0 aromatic carbocycles. The largest absolute Gasteiger partial charge is 0.273 e. The summed E-state index contributed by atoms with van der Waals surface area (Å²) in [6.45, 7) is 1.90. The molecule has 0 N–H and O–H groups in total. The molecule has 5 heteroatoms. The van der Waals surface area contributed by atoms with E-state index in [2.05, 4.69) is 10.2 Å². The third-order valence-corrected chi connectivity index (χ3v) is 1.89. The number of rotatable bonds is 4. The third kappa shape index (κ3) is 2.88. The van der Waals surface area contributed by atoms with Gasteiger partial charge in [-0.25, -0.2) is 0 Å². The highest BCUT2D eigenvalue weighted by Gasteiger charge is 1.92. The Morgan fingerprint density at radius 3 is 1.71 bits per heavy atom. The van der Waals surface area contributed by atoms with Crippen molar-refractivity contribution in [3.63, 3.8) is 0 Å². The first-order valence-corrected chi connectivity index (χ1v) is 4.40. The zero-order valence-corrected chi connectivity index (χ0v) is 8.60. The molecule has 0 unspecified atom stereocenters. The molecule has 2 aromatic rings. The highest BCUT2D eigenvalue weighted by atomic mass is 35.5. The van der Waals surface area contributed by atoms with Gasteiger partial charge in [0.15, 0.2) is 0 Å². The zero-order chi connectivity index (χ0) is 8.93. The van der Waals surface area contributed by atoms with E-state index >= 15 is 0 Å². The van der Waals surface area contributed by atoms with Crippen LogP contribution < -0.4 is 0 Å². The summed E-state index contributed by atoms with van der Waals surface area (Å²) in [5, 5.41) is 8.24. The van der Waals surface area contributed by atoms with Gasteiger partial charge in [0.1, 0.15) is 0 Å². The second-order valence-corrected chi connectivity index (χ2v) is 2.89. The minimum absolute atomic E-state index is 0. The smallest absolute Gasteiger partial charge is 0.0489 e. The summed E-state index contributed by atoms with van der Waals surface area (Å²) < 4.78 is 3.87. The van der Waals surface area contributed by atoms with Crippen LogP contribution in [-0.4, -0.2) is 19.6 Å². The number of aromatic nitrogens is 4. The summed E-state index contributed by atoms with van der Waals surface area (Å²) >= 11 is 0. The fourth-order valence-corrected chi connectivity index (χ4v) is 1.26. The molecule has 0 aliphatic heterocycles. The van der Waals surface area contributed by atoms with Gasteiger partial charge in [-0.2, -0.15) is 10.2 Å². The first-order valence-electron chi connectivity index (χ1n) is 4.40. The Hall–Kier alpha value is -1.29. The summed E-state index contributed by atoms with van der Waals surface area (Å²) in [5.41, 5.74) is 0. The van der Waals surface area contributed by atoms with Gasteiger partial charge in [0, 0.05) is 37.9 Å². The van der Waals surface area contributed by atoms with Crippen LogP contribution in [0.2, 0.25) is 0 Å². The summed E-state index contributed by atoms with van der Waals surface area (Å²) in [7, 11) is 0. The molecule has 0 bridgehead atoms. The maximum Gasteiger partial charge on any atom is 0.0489 e.